The molecule has 19 heavy (non-hydrogen) atoms. The topological polar surface area (TPSA) is 75.7 Å². The number of imide groups is 1. The molecule has 0 aromatic heterocycles. The lowest BCUT2D eigenvalue weighted by molar-refractivity contribution is -0.124. The van der Waals surface area contributed by atoms with Crippen molar-refractivity contribution in [3.8, 4) is 5.75 Å². The van der Waals surface area contributed by atoms with Gasteiger partial charge in [0.2, 0.25) is 17.7 Å². The molecule has 0 fully saturated rings. The Morgan fingerprint density at radius 2 is 1.68 bits per heavy atom. The fraction of sp³-hybridized carbons (Fsp3) is 0.308. The first-order valence-electron chi connectivity index (χ1n) is 5.63. The monoisotopic (exact) mass is 264 g/mol. The van der Waals surface area contributed by atoms with Crippen molar-refractivity contribution in [2.24, 2.45) is 0 Å². The third-order valence-electron chi connectivity index (χ3n) is 2.38. The smallest absolute Gasteiger partial charge is 0.230 e. The number of nitrogens with zero attached hydrogens (tertiary/aromatic N) is 1. The molecule has 0 aliphatic heterocycles. The molecule has 1 N–H and O–H groups in total. The van der Waals surface area contributed by atoms with E-state index < -0.39 is 11.8 Å². The van der Waals surface area contributed by atoms with Crippen LogP contribution >= 0.6 is 0 Å². The molecule has 0 unspecified atom stereocenters. The van der Waals surface area contributed by atoms with Gasteiger partial charge in [-0.05, 0) is 18.2 Å². The van der Waals surface area contributed by atoms with Crippen LogP contribution in [-0.4, -0.2) is 24.8 Å². The van der Waals surface area contributed by atoms with Crippen LogP contribution in [0, 0.1) is 0 Å². The quantitative estimate of drug-likeness (QED) is 0.898. The van der Waals surface area contributed by atoms with Crippen molar-refractivity contribution in [3.05, 3.63) is 18.2 Å². The minimum Gasteiger partial charge on any atom is -0.495 e. The second-order valence-electron chi connectivity index (χ2n) is 3.94. The van der Waals surface area contributed by atoms with Crippen LogP contribution in [0.5, 0.6) is 5.75 Å². The molecule has 0 atom stereocenters. The lowest BCUT2D eigenvalue weighted by Crippen LogP contribution is -2.33. The molecule has 3 amide bonds. The third-order valence-corrected chi connectivity index (χ3v) is 2.38. The number of hydrogen-bond acceptors (Lipinski definition) is 4. The zero-order chi connectivity index (χ0) is 14.6. The van der Waals surface area contributed by atoms with E-state index in [1.807, 2.05) is 0 Å². The van der Waals surface area contributed by atoms with Gasteiger partial charge >= 0.3 is 0 Å². The maximum atomic E-state index is 11.5. The Hall–Kier alpha value is -2.37. The number of rotatable bonds is 3. The molecule has 0 aliphatic carbocycles. The fourth-order valence-electron chi connectivity index (χ4n) is 1.71. The Labute approximate surface area is 111 Å². The largest absolute Gasteiger partial charge is 0.495 e. The van der Waals surface area contributed by atoms with Crippen molar-refractivity contribution < 1.29 is 19.1 Å². The molecule has 0 saturated carbocycles. The number of benzene rings is 1. The molecular weight excluding hydrogens is 248 g/mol. The summed E-state index contributed by atoms with van der Waals surface area (Å²) in [6.07, 6.45) is 0. The lowest BCUT2D eigenvalue weighted by atomic mass is 10.2. The first kappa shape index (κ1) is 14.7. The Kier molecular flexibility index (Phi) is 4.63. The van der Waals surface area contributed by atoms with E-state index in [0.717, 1.165) is 4.90 Å². The van der Waals surface area contributed by atoms with Crippen LogP contribution in [0.25, 0.3) is 0 Å². The van der Waals surface area contributed by atoms with Gasteiger partial charge in [0.05, 0.1) is 18.5 Å². The van der Waals surface area contributed by atoms with E-state index in [0.29, 0.717) is 17.1 Å². The summed E-state index contributed by atoms with van der Waals surface area (Å²) in [5.74, 6) is -0.614. The molecule has 0 bridgehead atoms. The minimum absolute atomic E-state index is 0.271. The molecule has 6 nitrogen and oxygen atoms in total. The van der Waals surface area contributed by atoms with Crippen LogP contribution in [0.1, 0.15) is 20.8 Å². The normalized spacial score (nSPS) is 9.68. The first-order chi connectivity index (χ1) is 8.86. The fourth-order valence-corrected chi connectivity index (χ4v) is 1.71. The Morgan fingerprint density at radius 3 is 2.11 bits per heavy atom. The van der Waals surface area contributed by atoms with E-state index in [1.165, 1.54) is 33.9 Å². The summed E-state index contributed by atoms with van der Waals surface area (Å²) in [5.41, 5.74) is 0.782. The molecule has 6 heteroatoms. The summed E-state index contributed by atoms with van der Waals surface area (Å²) in [6, 6.07) is 4.68. The number of anilines is 2. The summed E-state index contributed by atoms with van der Waals surface area (Å²) in [5, 5.41) is 2.58. The molecular formula is C13H16N2O4. The highest BCUT2D eigenvalue weighted by molar-refractivity contribution is 6.13. The summed E-state index contributed by atoms with van der Waals surface area (Å²) >= 11 is 0. The summed E-state index contributed by atoms with van der Waals surface area (Å²) < 4.78 is 5.10. The highest BCUT2D eigenvalue weighted by Gasteiger charge is 2.18. The SMILES string of the molecule is COc1ccc(N(C(C)=O)C(C)=O)cc1NC(C)=O. The van der Waals surface area contributed by atoms with Crippen LogP contribution in [0.3, 0.4) is 0 Å². The molecule has 1 aromatic rings. The summed E-state index contributed by atoms with van der Waals surface area (Å²) in [4.78, 5) is 35.1. The van der Waals surface area contributed by atoms with Crippen molar-refractivity contribution in [2.45, 2.75) is 20.8 Å². The van der Waals surface area contributed by atoms with Crippen LogP contribution in [0.4, 0.5) is 11.4 Å². The maximum absolute atomic E-state index is 11.5. The van der Waals surface area contributed by atoms with E-state index in [2.05, 4.69) is 5.32 Å². The Bertz CT molecular complexity index is 511. The average Bonchev–Trinajstić information content (AvgIpc) is 2.27. The molecule has 102 valence electrons. The lowest BCUT2D eigenvalue weighted by Gasteiger charge is -2.19. The van der Waals surface area contributed by atoms with Crippen LogP contribution < -0.4 is 15.0 Å². The number of methoxy groups -OCH3 is 1. The van der Waals surface area contributed by atoms with Crippen LogP contribution in [0.2, 0.25) is 0 Å². The van der Waals surface area contributed by atoms with Gasteiger partial charge in [0.15, 0.2) is 0 Å². The standard InChI is InChI=1S/C13H16N2O4/c1-8(16)14-12-7-11(5-6-13(12)19-4)15(9(2)17)10(3)18/h5-7H,1-4H3,(H,14,16). The predicted octanol–water partition coefficient (Wildman–Crippen LogP) is 1.55. The number of amides is 3. The van der Waals surface area contributed by atoms with E-state index >= 15 is 0 Å². The number of carbonyl (C=O) groups is 3. The van der Waals surface area contributed by atoms with Crippen LogP contribution in [0.15, 0.2) is 18.2 Å². The molecule has 0 heterocycles. The van der Waals surface area contributed by atoms with Gasteiger partial charge in [0.1, 0.15) is 5.75 Å². The van der Waals surface area contributed by atoms with Crippen molar-refractivity contribution in [1.29, 1.82) is 0 Å². The van der Waals surface area contributed by atoms with Crippen molar-refractivity contribution in [2.75, 3.05) is 17.3 Å². The van der Waals surface area contributed by atoms with E-state index in [9.17, 15) is 14.4 Å². The van der Waals surface area contributed by atoms with Crippen LogP contribution in [-0.2, 0) is 14.4 Å². The number of carbonyl (C=O) groups excluding carboxylic acids is 3. The molecule has 0 saturated heterocycles. The molecule has 1 aromatic carbocycles. The maximum Gasteiger partial charge on any atom is 0.230 e. The van der Waals surface area contributed by atoms with Gasteiger partial charge < -0.3 is 10.1 Å². The predicted molar refractivity (Wildman–Crippen MR) is 71.1 cm³/mol. The number of ether oxygens (including phenoxy) is 1. The minimum atomic E-state index is -0.397. The van der Waals surface area contributed by atoms with E-state index in [-0.39, 0.29) is 5.91 Å². The van der Waals surface area contributed by atoms with Gasteiger partial charge in [-0.3, -0.25) is 19.3 Å². The molecule has 0 spiro atoms. The third kappa shape index (κ3) is 3.54. The second kappa shape index (κ2) is 5.99. The average molecular weight is 264 g/mol. The zero-order valence-electron chi connectivity index (χ0n) is 11.3. The van der Waals surface area contributed by atoms with Crippen molar-refractivity contribution in [1.82, 2.24) is 0 Å². The Balaban J connectivity index is 3.26. The van der Waals surface area contributed by atoms with Gasteiger partial charge in [-0.2, -0.15) is 0 Å². The number of hydrogen-bond donors (Lipinski definition) is 1. The first-order valence-corrected chi connectivity index (χ1v) is 5.63. The van der Waals surface area contributed by atoms with Gasteiger partial charge in [-0.25, -0.2) is 0 Å². The van der Waals surface area contributed by atoms with Crippen molar-refractivity contribution in [3.63, 3.8) is 0 Å². The van der Waals surface area contributed by atoms with Gasteiger partial charge in [-0.1, -0.05) is 0 Å². The van der Waals surface area contributed by atoms with Gasteiger partial charge in [-0.15, -0.1) is 0 Å². The second-order valence-corrected chi connectivity index (χ2v) is 3.94. The molecule has 1 rings (SSSR count). The molecule has 0 aliphatic rings. The van der Waals surface area contributed by atoms with Gasteiger partial charge in [0.25, 0.3) is 0 Å². The van der Waals surface area contributed by atoms with E-state index in [4.69, 9.17) is 4.74 Å². The summed E-state index contributed by atoms with van der Waals surface area (Å²) in [7, 11) is 1.47. The highest BCUT2D eigenvalue weighted by atomic mass is 16.5. The highest BCUT2D eigenvalue weighted by Crippen LogP contribution is 2.29. The zero-order valence-corrected chi connectivity index (χ0v) is 11.3. The van der Waals surface area contributed by atoms with Crippen molar-refractivity contribution >= 4 is 29.1 Å². The Morgan fingerprint density at radius 1 is 1.11 bits per heavy atom. The molecule has 0 radical (unpaired) electrons. The van der Waals surface area contributed by atoms with Gasteiger partial charge in [0, 0.05) is 20.8 Å². The summed E-state index contributed by atoms with van der Waals surface area (Å²) in [6.45, 7) is 3.95. The van der Waals surface area contributed by atoms with E-state index in [1.54, 1.807) is 12.1 Å². The number of nitrogens with one attached hydrogen (secondary N) is 1.